The zero-order chi connectivity index (χ0) is 15.2. The number of hydrogen-bond donors (Lipinski definition) is 0. The van der Waals surface area contributed by atoms with Gasteiger partial charge in [-0.25, -0.2) is 4.68 Å². The van der Waals surface area contributed by atoms with Crippen LogP contribution in [0.25, 0.3) is 0 Å². The Morgan fingerprint density at radius 1 is 0.909 bits per heavy atom. The van der Waals surface area contributed by atoms with Gasteiger partial charge in [0.05, 0.1) is 6.61 Å². The van der Waals surface area contributed by atoms with Crippen LogP contribution in [0, 0.1) is 0 Å². The van der Waals surface area contributed by atoms with Crippen LogP contribution in [0.2, 0.25) is 0 Å². The summed E-state index contributed by atoms with van der Waals surface area (Å²) in [6.45, 7) is 2.59. The fraction of sp³-hybridized carbons (Fsp3) is 0.211. The number of rotatable bonds is 6. The minimum atomic E-state index is -0.0565. The second kappa shape index (κ2) is 7.05. The van der Waals surface area contributed by atoms with Crippen LogP contribution in [0.4, 0.5) is 0 Å². The maximum Gasteiger partial charge on any atom is 0.147 e. The highest BCUT2D eigenvalue weighted by atomic mass is 16.5. The molecule has 0 fully saturated rings. The molecule has 3 nitrogen and oxygen atoms in total. The molecule has 2 aromatic carbocycles. The van der Waals surface area contributed by atoms with E-state index in [4.69, 9.17) is 4.74 Å². The highest BCUT2D eigenvalue weighted by Crippen LogP contribution is 2.14. The fourth-order valence-corrected chi connectivity index (χ4v) is 2.37. The van der Waals surface area contributed by atoms with Crippen molar-refractivity contribution in [2.75, 3.05) is 0 Å². The van der Waals surface area contributed by atoms with Crippen LogP contribution in [-0.2, 0) is 17.8 Å². The summed E-state index contributed by atoms with van der Waals surface area (Å²) in [5, 5.41) is 4.18. The summed E-state index contributed by atoms with van der Waals surface area (Å²) in [4.78, 5) is 0. The molecular weight excluding hydrogens is 272 g/mol. The average Bonchev–Trinajstić information content (AvgIpc) is 3.09. The number of ether oxygens (including phenoxy) is 1. The van der Waals surface area contributed by atoms with E-state index in [0.717, 1.165) is 6.42 Å². The molecule has 112 valence electrons. The third-order valence-electron chi connectivity index (χ3n) is 3.66. The molecule has 0 aliphatic rings. The standard InChI is InChI=1S/C19H20N2O/c1-16(21-13-5-12-20-21)22-15-19-10-8-18(9-11-19)14-17-6-3-2-4-7-17/h2-13,16H,14-15H2,1H3. The van der Waals surface area contributed by atoms with Crippen LogP contribution in [-0.4, -0.2) is 9.78 Å². The van der Waals surface area contributed by atoms with Gasteiger partial charge in [-0.3, -0.25) is 0 Å². The lowest BCUT2D eigenvalue weighted by Gasteiger charge is -2.13. The maximum atomic E-state index is 5.83. The molecule has 0 spiro atoms. The van der Waals surface area contributed by atoms with Gasteiger partial charge >= 0.3 is 0 Å². The summed E-state index contributed by atoms with van der Waals surface area (Å²) in [5.41, 5.74) is 3.82. The first-order chi connectivity index (χ1) is 10.8. The number of aromatic nitrogens is 2. The van der Waals surface area contributed by atoms with Crippen molar-refractivity contribution in [3.8, 4) is 0 Å². The monoisotopic (exact) mass is 292 g/mol. The molecule has 1 atom stereocenters. The number of benzene rings is 2. The first kappa shape index (κ1) is 14.5. The van der Waals surface area contributed by atoms with Crippen molar-refractivity contribution in [2.24, 2.45) is 0 Å². The van der Waals surface area contributed by atoms with Crippen LogP contribution in [0.1, 0.15) is 29.8 Å². The zero-order valence-corrected chi connectivity index (χ0v) is 12.7. The quantitative estimate of drug-likeness (QED) is 0.680. The molecule has 0 saturated carbocycles. The maximum absolute atomic E-state index is 5.83. The summed E-state index contributed by atoms with van der Waals surface area (Å²) >= 11 is 0. The lowest BCUT2D eigenvalue weighted by atomic mass is 10.0. The van der Waals surface area contributed by atoms with E-state index in [9.17, 15) is 0 Å². The van der Waals surface area contributed by atoms with E-state index >= 15 is 0 Å². The van der Waals surface area contributed by atoms with Crippen LogP contribution >= 0.6 is 0 Å². The molecule has 3 rings (SSSR count). The average molecular weight is 292 g/mol. The molecule has 1 aromatic heterocycles. The SMILES string of the molecule is CC(OCc1ccc(Cc2ccccc2)cc1)n1cccn1. The van der Waals surface area contributed by atoms with Crippen LogP contribution in [0.15, 0.2) is 73.1 Å². The minimum absolute atomic E-state index is 0.0565. The molecule has 1 heterocycles. The van der Waals surface area contributed by atoms with Gasteiger partial charge in [0.2, 0.25) is 0 Å². The van der Waals surface area contributed by atoms with Gasteiger partial charge in [-0.05, 0) is 36.1 Å². The molecule has 3 aromatic rings. The Labute approximate surface area is 131 Å². The van der Waals surface area contributed by atoms with Gasteiger partial charge in [0, 0.05) is 12.4 Å². The molecular formula is C19H20N2O. The minimum Gasteiger partial charge on any atom is -0.352 e. The lowest BCUT2D eigenvalue weighted by molar-refractivity contribution is -0.00409. The fourth-order valence-electron chi connectivity index (χ4n) is 2.37. The third-order valence-corrected chi connectivity index (χ3v) is 3.66. The van der Waals surface area contributed by atoms with Crippen molar-refractivity contribution in [1.29, 1.82) is 0 Å². The van der Waals surface area contributed by atoms with E-state index in [1.54, 1.807) is 6.20 Å². The second-order valence-electron chi connectivity index (χ2n) is 5.38. The molecule has 0 N–H and O–H groups in total. The van der Waals surface area contributed by atoms with Gasteiger partial charge in [-0.2, -0.15) is 5.10 Å². The van der Waals surface area contributed by atoms with E-state index in [1.807, 2.05) is 29.9 Å². The lowest BCUT2D eigenvalue weighted by Crippen LogP contribution is -2.09. The Morgan fingerprint density at radius 2 is 1.59 bits per heavy atom. The van der Waals surface area contributed by atoms with Crippen molar-refractivity contribution in [2.45, 2.75) is 26.2 Å². The van der Waals surface area contributed by atoms with Gasteiger partial charge < -0.3 is 4.74 Å². The molecule has 0 aliphatic carbocycles. The normalized spacial score (nSPS) is 12.2. The van der Waals surface area contributed by atoms with Gasteiger partial charge in [0.15, 0.2) is 0 Å². The van der Waals surface area contributed by atoms with E-state index in [2.05, 4.69) is 53.6 Å². The van der Waals surface area contributed by atoms with Crippen molar-refractivity contribution < 1.29 is 4.74 Å². The van der Waals surface area contributed by atoms with Crippen LogP contribution in [0.3, 0.4) is 0 Å². The summed E-state index contributed by atoms with van der Waals surface area (Å²) in [6, 6.07) is 21.0. The summed E-state index contributed by atoms with van der Waals surface area (Å²) in [7, 11) is 0. The molecule has 22 heavy (non-hydrogen) atoms. The van der Waals surface area contributed by atoms with Gasteiger partial charge in [0.25, 0.3) is 0 Å². The molecule has 1 unspecified atom stereocenters. The predicted molar refractivity (Wildman–Crippen MR) is 87.4 cm³/mol. The number of hydrogen-bond acceptors (Lipinski definition) is 2. The highest BCUT2D eigenvalue weighted by Gasteiger charge is 2.04. The molecule has 0 aliphatic heterocycles. The Morgan fingerprint density at radius 3 is 2.27 bits per heavy atom. The molecule has 0 bridgehead atoms. The topological polar surface area (TPSA) is 27.1 Å². The van der Waals surface area contributed by atoms with Gasteiger partial charge in [-0.15, -0.1) is 0 Å². The Balaban J connectivity index is 1.55. The Hall–Kier alpha value is -2.39. The summed E-state index contributed by atoms with van der Waals surface area (Å²) in [5.74, 6) is 0. The second-order valence-corrected chi connectivity index (χ2v) is 5.38. The largest absolute Gasteiger partial charge is 0.352 e. The third kappa shape index (κ3) is 3.83. The summed E-state index contributed by atoms with van der Waals surface area (Å²) < 4.78 is 7.64. The van der Waals surface area contributed by atoms with Crippen LogP contribution < -0.4 is 0 Å². The number of nitrogens with zero attached hydrogens (tertiary/aromatic N) is 2. The summed E-state index contributed by atoms with van der Waals surface area (Å²) in [6.07, 6.45) is 4.58. The van der Waals surface area contributed by atoms with Crippen molar-refractivity contribution in [3.05, 3.63) is 89.7 Å². The molecule has 0 saturated heterocycles. The van der Waals surface area contributed by atoms with Crippen molar-refractivity contribution in [3.63, 3.8) is 0 Å². The van der Waals surface area contributed by atoms with Crippen LogP contribution in [0.5, 0.6) is 0 Å². The van der Waals surface area contributed by atoms with Gasteiger partial charge in [0.1, 0.15) is 6.23 Å². The first-order valence-corrected chi connectivity index (χ1v) is 7.54. The van der Waals surface area contributed by atoms with Crippen molar-refractivity contribution >= 4 is 0 Å². The predicted octanol–water partition coefficient (Wildman–Crippen LogP) is 4.21. The van der Waals surface area contributed by atoms with Crippen molar-refractivity contribution in [1.82, 2.24) is 9.78 Å². The molecule has 0 amide bonds. The van der Waals surface area contributed by atoms with E-state index in [0.29, 0.717) is 6.61 Å². The van der Waals surface area contributed by atoms with Gasteiger partial charge in [-0.1, -0.05) is 54.6 Å². The first-order valence-electron chi connectivity index (χ1n) is 7.54. The van der Waals surface area contributed by atoms with E-state index in [1.165, 1.54) is 16.7 Å². The molecule has 0 radical (unpaired) electrons. The smallest absolute Gasteiger partial charge is 0.147 e. The molecule has 3 heteroatoms. The van der Waals surface area contributed by atoms with E-state index < -0.39 is 0 Å². The van der Waals surface area contributed by atoms with E-state index in [-0.39, 0.29) is 6.23 Å². The highest BCUT2D eigenvalue weighted by molar-refractivity contribution is 5.28. The Bertz CT molecular complexity index is 675. The zero-order valence-electron chi connectivity index (χ0n) is 12.7. The Kier molecular flexibility index (Phi) is 4.66.